The van der Waals surface area contributed by atoms with Crippen LogP contribution >= 0.6 is 11.3 Å². The van der Waals surface area contributed by atoms with Crippen molar-refractivity contribution in [3.63, 3.8) is 0 Å². The smallest absolute Gasteiger partial charge is 0.391 e. The van der Waals surface area contributed by atoms with Gasteiger partial charge in [0.2, 0.25) is 10.1 Å². The van der Waals surface area contributed by atoms with Gasteiger partial charge < -0.3 is 14.9 Å². The zero-order valence-corrected chi connectivity index (χ0v) is 20.7. The van der Waals surface area contributed by atoms with Crippen LogP contribution in [0.5, 0.6) is 0 Å². The molecule has 2 atom stereocenters. The lowest BCUT2D eigenvalue weighted by atomic mass is 9.92. The summed E-state index contributed by atoms with van der Waals surface area (Å²) in [5, 5.41) is 19.2. The third-order valence-corrected chi connectivity index (χ3v) is 8.40. The predicted octanol–water partition coefficient (Wildman–Crippen LogP) is 4.22. The Balaban J connectivity index is 1.35. The standard InChI is InChI=1S/C25H25F3N6O2S/c26-25(27,28)23-30-31-24(37-23)33-11-9-32(10-12-33)19-13-17-21(16-6-2-1-5-15(16)19)29-14-34(22(17)36)18-7-3-4-8-20(18)35/h1-2,5-6,13-14,18,20,35H,3-4,7-12H2/t18-,20-/m0/s1. The summed E-state index contributed by atoms with van der Waals surface area (Å²) in [6, 6.07) is 9.38. The molecule has 1 N–H and O–H groups in total. The second-order valence-electron chi connectivity index (χ2n) is 9.58. The number of benzene rings is 2. The van der Waals surface area contributed by atoms with Crippen LogP contribution in [-0.4, -0.2) is 57.1 Å². The number of piperazine rings is 1. The molecule has 2 fully saturated rings. The van der Waals surface area contributed by atoms with Crippen LogP contribution in [0.2, 0.25) is 0 Å². The molecule has 2 aromatic heterocycles. The van der Waals surface area contributed by atoms with Gasteiger partial charge in [-0.15, -0.1) is 10.2 Å². The van der Waals surface area contributed by atoms with Gasteiger partial charge in [0, 0.05) is 42.6 Å². The molecule has 0 amide bonds. The Bertz CT molecular complexity index is 1510. The van der Waals surface area contributed by atoms with Gasteiger partial charge in [-0.1, -0.05) is 48.4 Å². The molecule has 2 aromatic carbocycles. The number of fused-ring (bicyclic) bond motifs is 3. The number of aliphatic hydroxyl groups excluding tert-OH is 1. The van der Waals surface area contributed by atoms with E-state index in [1.165, 1.54) is 0 Å². The minimum Gasteiger partial charge on any atom is -0.391 e. The van der Waals surface area contributed by atoms with Crippen molar-refractivity contribution in [1.29, 1.82) is 0 Å². The van der Waals surface area contributed by atoms with Gasteiger partial charge in [0.05, 0.1) is 29.4 Å². The molecule has 1 aliphatic heterocycles. The van der Waals surface area contributed by atoms with Crippen molar-refractivity contribution < 1.29 is 18.3 Å². The number of hydrogen-bond donors (Lipinski definition) is 1. The average Bonchev–Trinajstić information content (AvgIpc) is 3.41. The number of alkyl halides is 3. The number of rotatable bonds is 3. The van der Waals surface area contributed by atoms with Crippen LogP contribution in [0.4, 0.5) is 24.0 Å². The first-order valence-corrected chi connectivity index (χ1v) is 13.1. The van der Waals surface area contributed by atoms with Crippen molar-refractivity contribution in [2.24, 2.45) is 0 Å². The fourth-order valence-electron chi connectivity index (χ4n) is 5.46. The highest BCUT2D eigenvalue weighted by atomic mass is 32.1. The molecule has 1 saturated heterocycles. The van der Waals surface area contributed by atoms with Crippen molar-refractivity contribution in [3.8, 4) is 0 Å². The van der Waals surface area contributed by atoms with Gasteiger partial charge in [-0.05, 0) is 18.9 Å². The van der Waals surface area contributed by atoms with Crippen molar-refractivity contribution in [2.45, 2.75) is 44.0 Å². The van der Waals surface area contributed by atoms with E-state index in [0.29, 0.717) is 54.8 Å². The number of halogens is 3. The number of hydrogen-bond acceptors (Lipinski definition) is 8. The van der Waals surface area contributed by atoms with E-state index in [-0.39, 0.29) is 16.7 Å². The predicted molar refractivity (Wildman–Crippen MR) is 136 cm³/mol. The van der Waals surface area contributed by atoms with E-state index < -0.39 is 17.3 Å². The van der Waals surface area contributed by atoms with Crippen molar-refractivity contribution in [2.75, 3.05) is 36.0 Å². The summed E-state index contributed by atoms with van der Waals surface area (Å²) in [5.41, 5.74) is 1.34. The van der Waals surface area contributed by atoms with E-state index >= 15 is 0 Å². The Kier molecular flexibility index (Phi) is 6.03. The lowest BCUT2D eigenvalue weighted by Gasteiger charge is -2.36. The number of aromatic nitrogens is 4. The Morgan fingerprint density at radius 3 is 2.35 bits per heavy atom. The summed E-state index contributed by atoms with van der Waals surface area (Å²) in [4.78, 5) is 22.3. The molecule has 12 heteroatoms. The first-order valence-electron chi connectivity index (χ1n) is 12.3. The largest absolute Gasteiger partial charge is 0.445 e. The first kappa shape index (κ1) is 24.1. The fourth-order valence-corrected chi connectivity index (χ4v) is 6.23. The molecule has 37 heavy (non-hydrogen) atoms. The van der Waals surface area contributed by atoms with Crippen LogP contribution in [0, 0.1) is 0 Å². The molecule has 4 aromatic rings. The second kappa shape index (κ2) is 9.25. The van der Waals surface area contributed by atoms with Crippen LogP contribution in [-0.2, 0) is 6.18 Å². The molecular weight excluding hydrogens is 505 g/mol. The topological polar surface area (TPSA) is 87.4 Å². The van der Waals surface area contributed by atoms with E-state index in [1.54, 1.807) is 10.9 Å². The van der Waals surface area contributed by atoms with Crippen molar-refractivity contribution in [3.05, 3.63) is 52.0 Å². The summed E-state index contributed by atoms with van der Waals surface area (Å²) < 4.78 is 40.5. The minimum absolute atomic E-state index is 0.171. The maximum Gasteiger partial charge on any atom is 0.445 e. The SMILES string of the molecule is O=c1c2cc(N3CCN(c4nnc(C(F)(F)F)s4)CC3)c3ccccc3c2ncn1[C@H]1CCCC[C@@H]1O. The monoisotopic (exact) mass is 530 g/mol. The van der Waals surface area contributed by atoms with Crippen LogP contribution in [0.3, 0.4) is 0 Å². The summed E-state index contributed by atoms with van der Waals surface area (Å²) in [6.45, 7) is 2.05. The highest BCUT2D eigenvalue weighted by molar-refractivity contribution is 7.15. The summed E-state index contributed by atoms with van der Waals surface area (Å²) >= 11 is 0.552. The van der Waals surface area contributed by atoms with Crippen molar-refractivity contribution in [1.82, 2.24) is 19.7 Å². The molecular formula is C25H25F3N6O2S. The van der Waals surface area contributed by atoms with Crippen LogP contribution < -0.4 is 15.4 Å². The van der Waals surface area contributed by atoms with Gasteiger partial charge in [-0.3, -0.25) is 9.36 Å². The Morgan fingerprint density at radius 2 is 1.65 bits per heavy atom. The van der Waals surface area contributed by atoms with E-state index in [1.807, 2.05) is 35.2 Å². The van der Waals surface area contributed by atoms with E-state index in [0.717, 1.165) is 35.7 Å². The van der Waals surface area contributed by atoms with Gasteiger partial charge in [0.25, 0.3) is 5.56 Å². The highest BCUT2D eigenvalue weighted by Crippen LogP contribution is 2.36. The fraction of sp³-hybridized carbons (Fsp3) is 0.440. The van der Waals surface area contributed by atoms with Crippen LogP contribution in [0.15, 0.2) is 41.5 Å². The van der Waals surface area contributed by atoms with Gasteiger partial charge in [-0.2, -0.15) is 13.2 Å². The lowest BCUT2D eigenvalue weighted by molar-refractivity contribution is -0.138. The van der Waals surface area contributed by atoms with Crippen LogP contribution in [0.25, 0.3) is 21.7 Å². The normalized spacial score (nSPS) is 21.2. The molecule has 8 nitrogen and oxygen atoms in total. The third-order valence-electron chi connectivity index (χ3n) is 7.37. The van der Waals surface area contributed by atoms with E-state index in [9.17, 15) is 23.1 Å². The molecule has 2 aliphatic rings. The molecule has 6 rings (SSSR count). The summed E-state index contributed by atoms with van der Waals surface area (Å²) in [7, 11) is 0. The Labute approximate surface area is 214 Å². The first-order chi connectivity index (χ1) is 17.8. The van der Waals surface area contributed by atoms with Gasteiger partial charge >= 0.3 is 6.18 Å². The van der Waals surface area contributed by atoms with Gasteiger partial charge in [-0.25, -0.2) is 4.98 Å². The number of aliphatic hydroxyl groups is 1. The van der Waals surface area contributed by atoms with E-state index in [2.05, 4.69) is 20.1 Å². The molecule has 0 spiro atoms. The number of nitrogens with zero attached hydrogens (tertiary/aromatic N) is 6. The minimum atomic E-state index is -4.50. The Morgan fingerprint density at radius 1 is 0.946 bits per heavy atom. The summed E-state index contributed by atoms with van der Waals surface area (Å²) in [6.07, 6.45) is -0.208. The highest BCUT2D eigenvalue weighted by Gasteiger charge is 2.36. The second-order valence-corrected chi connectivity index (χ2v) is 10.5. The third kappa shape index (κ3) is 4.31. The van der Waals surface area contributed by atoms with Crippen LogP contribution in [0.1, 0.15) is 36.7 Å². The molecule has 0 bridgehead atoms. The number of anilines is 2. The van der Waals surface area contributed by atoms with E-state index in [4.69, 9.17) is 0 Å². The molecule has 0 radical (unpaired) electrons. The van der Waals surface area contributed by atoms with Gasteiger partial charge in [0.15, 0.2) is 0 Å². The Hall–Kier alpha value is -3.25. The van der Waals surface area contributed by atoms with Crippen molar-refractivity contribution >= 4 is 43.8 Å². The molecule has 194 valence electrons. The zero-order chi connectivity index (χ0) is 25.7. The molecule has 0 unspecified atom stereocenters. The maximum absolute atomic E-state index is 13.7. The van der Waals surface area contributed by atoms with Gasteiger partial charge in [0.1, 0.15) is 0 Å². The maximum atomic E-state index is 13.7. The molecule has 1 saturated carbocycles. The molecule has 1 aliphatic carbocycles. The lowest BCUT2D eigenvalue weighted by Crippen LogP contribution is -2.46. The quantitative estimate of drug-likeness (QED) is 0.397. The summed E-state index contributed by atoms with van der Waals surface area (Å²) in [5.74, 6) is 0. The molecule has 3 heterocycles. The zero-order valence-electron chi connectivity index (χ0n) is 19.9. The average molecular weight is 531 g/mol.